The second kappa shape index (κ2) is 6.17. The van der Waals surface area contributed by atoms with E-state index >= 15 is 0 Å². The van der Waals surface area contributed by atoms with Crippen molar-refractivity contribution in [3.05, 3.63) is 46.7 Å². The molecule has 21 heavy (non-hydrogen) atoms. The molecule has 0 fully saturated rings. The maximum Gasteiger partial charge on any atom is 0.175 e. The molecule has 0 amide bonds. The Morgan fingerprint density at radius 3 is 2.71 bits per heavy atom. The van der Waals surface area contributed by atoms with E-state index in [9.17, 15) is 8.42 Å². The van der Waals surface area contributed by atoms with Crippen LogP contribution in [-0.2, 0) is 16.4 Å². The van der Waals surface area contributed by atoms with Crippen LogP contribution in [0, 0.1) is 0 Å². The van der Waals surface area contributed by atoms with E-state index in [0.717, 1.165) is 11.3 Å². The Kier molecular flexibility index (Phi) is 4.70. The molecule has 1 unspecified atom stereocenters. The van der Waals surface area contributed by atoms with Crippen LogP contribution in [0.2, 0.25) is 5.02 Å². The van der Waals surface area contributed by atoms with Crippen LogP contribution in [0.25, 0.3) is 0 Å². The van der Waals surface area contributed by atoms with Gasteiger partial charge in [0, 0.05) is 12.8 Å². The number of halogens is 1. The average Bonchev–Trinajstić information content (AvgIpc) is 2.81. The second-order valence-electron chi connectivity index (χ2n) is 4.76. The highest BCUT2D eigenvalue weighted by atomic mass is 35.5. The molecule has 5 nitrogen and oxygen atoms in total. The Balaban J connectivity index is 2.54. The number of nitrogens with one attached hydrogen (secondary N) is 1. The average molecular weight is 328 g/mol. The molecule has 114 valence electrons. The monoisotopic (exact) mass is 327 g/mol. The van der Waals surface area contributed by atoms with Gasteiger partial charge in [-0.15, -0.1) is 0 Å². The number of aryl methyl sites for hydroxylation is 1. The van der Waals surface area contributed by atoms with Crippen LogP contribution in [0.15, 0.2) is 35.4 Å². The first kappa shape index (κ1) is 16.0. The van der Waals surface area contributed by atoms with Gasteiger partial charge >= 0.3 is 0 Å². The lowest BCUT2D eigenvalue weighted by Crippen LogP contribution is -2.22. The summed E-state index contributed by atoms with van der Waals surface area (Å²) in [6.45, 7) is 2.67. The Morgan fingerprint density at radius 2 is 2.14 bits per heavy atom. The molecule has 0 aliphatic rings. The van der Waals surface area contributed by atoms with E-state index in [0.29, 0.717) is 16.5 Å². The van der Waals surface area contributed by atoms with Crippen LogP contribution in [0.1, 0.15) is 24.2 Å². The summed E-state index contributed by atoms with van der Waals surface area (Å²) >= 11 is 6.24. The molecular weight excluding hydrogens is 310 g/mol. The van der Waals surface area contributed by atoms with Crippen molar-refractivity contribution in [3.63, 3.8) is 0 Å². The maximum atomic E-state index is 11.7. The number of aromatic nitrogens is 2. The van der Waals surface area contributed by atoms with Gasteiger partial charge in [0.05, 0.1) is 27.9 Å². The maximum absolute atomic E-state index is 11.7. The van der Waals surface area contributed by atoms with Crippen molar-refractivity contribution in [1.82, 2.24) is 15.1 Å². The van der Waals surface area contributed by atoms with E-state index < -0.39 is 9.84 Å². The highest BCUT2D eigenvalue weighted by Gasteiger charge is 2.21. The van der Waals surface area contributed by atoms with Gasteiger partial charge in [-0.25, -0.2) is 8.42 Å². The summed E-state index contributed by atoms with van der Waals surface area (Å²) in [5.41, 5.74) is 1.66. The summed E-state index contributed by atoms with van der Waals surface area (Å²) in [5.74, 6) is 0. The van der Waals surface area contributed by atoms with Crippen molar-refractivity contribution in [3.8, 4) is 0 Å². The molecule has 0 aliphatic heterocycles. The normalized spacial score (nSPS) is 13.3. The minimum absolute atomic E-state index is 0.221. The first-order valence-electron chi connectivity index (χ1n) is 6.57. The highest BCUT2D eigenvalue weighted by Crippen LogP contribution is 2.29. The molecule has 0 spiro atoms. The molecule has 0 saturated carbocycles. The minimum Gasteiger partial charge on any atom is -0.308 e. The molecule has 2 aromatic rings. The van der Waals surface area contributed by atoms with Gasteiger partial charge in [0.2, 0.25) is 0 Å². The van der Waals surface area contributed by atoms with E-state index in [2.05, 4.69) is 10.4 Å². The Morgan fingerprint density at radius 1 is 1.43 bits per heavy atom. The van der Waals surface area contributed by atoms with E-state index in [-0.39, 0.29) is 6.04 Å². The van der Waals surface area contributed by atoms with Gasteiger partial charge in [0.1, 0.15) is 0 Å². The van der Waals surface area contributed by atoms with Gasteiger partial charge in [-0.2, -0.15) is 5.10 Å². The summed E-state index contributed by atoms with van der Waals surface area (Å²) in [7, 11) is -1.44. The van der Waals surface area contributed by atoms with Crippen molar-refractivity contribution in [1.29, 1.82) is 0 Å². The molecule has 0 aliphatic carbocycles. The number of sulfone groups is 1. The van der Waals surface area contributed by atoms with Gasteiger partial charge in [-0.05, 0) is 31.7 Å². The Labute approximate surface area is 129 Å². The third-order valence-electron chi connectivity index (χ3n) is 3.31. The molecule has 1 atom stereocenters. The molecule has 1 aromatic heterocycles. The predicted octanol–water partition coefficient (Wildman–Crippen LogP) is 2.27. The fourth-order valence-corrected chi connectivity index (χ4v) is 3.22. The van der Waals surface area contributed by atoms with E-state index in [1.165, 1.54) is 6.26 Å². The summed E-state index contributed by atoms with van der Waals surface area (Å²) in [5, 5.41) is 7.96. The molecule has 0 saturated heterocycles. The molecule has 7 heteroatoms. The fourth-order valence-electron chi connectivity index (χ4n) is 2.30. The summed E-state index contributed by atoms with van der Waals surface area (Å²) in [6.07, 6.45) is 2.80. The number of benzene rings is 1. The predicted molar refractivity (Wildman–Crippen MR) is 83.4 cm³/mol. The Bertz CT molecular complexity index is 740. The second-order valence-corrected chi connectivity index (χ2v) is 7.18. The van der Waals surface area contributed by atoms with Crippen LogP contribution < -0.4 is 5.32 Å². The third kappa shape index (κ3) is 3.28. The molecule has 1 aromatic carbocycles. The molecule has 1 N–H and O–H groups in total. The summed E-state index contributed by atoms with van der Waals surface area (Å²) in [6, 6.07) is 6.64. The minimum atomic E-state index is -3.24. The highest BCUT2D eigenvalue weighted by molar-refractivity contribution is 7.90. The topological polar surface area (TPSA) is 64.0 Å². The van der Waals surface area contributed by atoms with E-state index in [4.69, 9.17) is 11.6 Å². The third-order valence-corrected chi connectivity index (χ3v) is 4.72. The molecule has 0 radical (unpaired) electrons. The van der Waals surface area contributed by atoms with Crippen molar-refractivity contribution in [2.75, 3.05) is 13.3 Å². The zero-order valence-electron chi connectivity index (χ0n) is 12.2. The van der Waals surface area contributed by atoms with Crippen LogP contribution in [0.4, 0.5) is 0 Å². The largest absolute Gasteiger partial charge is 0.308 e. The van der Waals surface area contributed by atoms with Gasteiger partial charge < -0.3 is 5.32 Å². The van der Waals surface area contributed by atoms with Crippen molar-refractivity contribution in [2.24, 2.45) is 0 Å². The smallest absolute Gasteiger partial charge is 0.175 e. The molecule has 1 heterocycles. The molecular formula is C14H18ClN3O2S. The van der Waals surface area contributed by atoms with E-state index in [1.807, 2.05) is 13.0 Å². The van der Waals surface area contributed by atoms with Gasteiger partial charge in [0.25, 0.3) is 0 Å². The number of hydrogen-bond acceptors (Lipinski definition) is 4. The van der Waals surface area contributed by atoms with Gasteiger partial charge in [-0.3, -0.25) is 4.68 Å². The first-order valence-corrected chi connectivity index (χ1v) is 8.84. The first-order chi connectivity index (χ1) is 9.88. The van der Waals surface area contributed by atoms with Crippen molar-refractivity contribution in [2.45, 2.75) is 24.4 Å². The molecule has 0 bridgehead atoms. The Hall–Kier alpha value is -1.37. The van der Waals surface area contributed by atoms with Crippen LogP contribution in [-0.4, -0.2) is 31.5 Å². The van der Waals surface area contributed by atoms with Crippen LogP contribution >= 0.6 is 11.6 Å². The quantitative estimate of drug-likeness (QED) is 0.915. The standard InChI is InChI=1S/C14H18ClN3O2S/c1-4-18-14(12(15)9-17-18)13(16-2)10-6-5-7-11(8-10)21(3,19)20/h5-9,13,16H,4H2,1-3H3. The fraction of sp³-hybridized carbons (Fsp3) is 0.357. The zero-order valence-corrected chi connectivity index (χ0v) is 13.7. The van der Waals surface area contributed by atoms with Crippen LogP contribution in [0.3, 0.4) is 0 Å². The zero-order chi connectivity index (χ0) is 15.6. The lowest BCUT2D eigenvalue weighted by Gasteiger charge is -2.19. The lowest BCUT2D eigenvalue weighted by molar-refractivity contribution is 0.562. The lowest BCUT2D eigenvalue weighted by atomic mass is 10.0. The number of nitrogens with zero attached hydrogens (tertiary/aromatic N) is 2. The summed E-state index contributed by atoms with van der Waals surface area (Å²) in [4.78, 5) is 0.291. The van der Waals surface area contributed by atoms with Crippen molar-refractivity contribution >= 4 is 21.4 Å². The van der Waals surface area contributed by atoms with Gasteiger partial charge in [-0.1, -0.05) is 23.7 Å². The SMILES string of the molecule is CCn1ncc(Cl)c1C(NC)c1cccc(S(C)(=O)=O)c1. The molecule has 2 rings (SSSR count). The number of hydrogen-bond donors (Lipinski definition) is 1. The van der Waals surface area contributed by atoms with Crippen LogP contribution in [0.5, 0.6) is 0 Å². The van der Waals surface area contributed by atoms with Gasteiger partial charge in [0.15, 0.2) is 9.84 Å². The summed E-state index contributed by atoms with van der Waals surface area (Å²) < 4.78 is 25.2. The van der Waals surface area contributed by atoms with E-state index in [1.54, 1.807) is 36.1 Å². The number of rotatable bonds is 5. The van der Waals surface area contributed by atoms with Crippen molar-refractivity contribution < 1.29 is 8.42 Å².